The van der Waals surface area contributed by atoms with Crippen LogP contribution in [0.1, 0.15) is 5.56 Å². The molecule has 0 radical (unpaired) electrons. The lowest BCUT2D eigenvalue weighted by Gasteiger charge is -2.36. The van der Waals surface area contributed by atoms with Gasteiger partial charge in [-0.3, -0.25) is 14.7 Å². The van der Waals surface area contributed by atoms with Gasteiger partial charge < -0.3 is 4.90 Å². The van der Waals surface area contributed by atoms with E-state index < -0.39 is 0 Å². The lowest BCUT2D eigenvalue weighted by molar-refractivity contribution is 0.249. The van der Waals surface area contributed by atoms with E-state index in [4.69, 9.17) is 11.6 Å². The Kier molecular flexibility index (Phi) is 4.99. The third-order valence-corrected chi connectivity index (χ3v) is 4.73. The first kappa shape index (κ1) is 16.4. The van der Waals surface area contributed by atoms with Crippen LogP contribution < -0.4 is 10.5 Å². The molecular formula is C15H17BrClN5O. The highest BCUT2D eigenvalue weighted by Crippen LogP contribution is 2.22. The third-order valence-electron chi connectivity index (χ3n) is 3.94. The van der Waals surface area contributed by atoms with Gasteiger partial charge in [-0.15, -0.1) is 0 Å². The Labute approximate surface area is 147 Å². The highest BCUT2D eigenvalue weighted by atomic mass is 79.9. The maximum Gasteiger partial charge on any atom is 0.287 e. The van der Waals surface area contributed by atoms with Crippen molar-refractivity contribution in [1.29, 1.82) is 0 Å². The lowest BCUT2D eigenvalue weighted by Crippen LogP contribution is -2.46. The number of anilines is 1. The minimum Gasteiger partial charge on any atom is -0.366 e. The molecule has 1 fully saturated rings. The molecule has 0 amide bonds. The van der Waals surface area contributed by atoms with Crippen LogP contribution in [-0.4, -0.2) is 45.8 Å². The highest BCUT2D eigenvalue weighted by Gasteiger charge is 2.21. The van der Waals surface area contributed by atoms with E-state index in [-0.39, 0.29) is 10.6 Å². The smallest absolute Gasteiger partial charge is 0.287 e. The maximum atomic E-state index is 11.9. The van der Waals surface area contributed by atoms with Gasteiger partial charge in [0.05, 0.1) is 11.9 Å². The zero-order chi connectivity index (χ0) is 16.4. The summed E-state index contributed by atoms with van der Waals surface area (Å²) in [7, 11) is 1.60. The van der Waals surface area contributed by atoms with Gasteiger partial charge in [-0.05, 0) is 27.6 Å². The van der Waals surface area contributed by atoms with Gasteiger partial charge in [-0.1, -0.05) is 11.6 Å². The van der Waals surface area contributed by atoms with Crippen LogP contribution in [0.5, 0.6) is 0 Å². The second-order valence-corrected chi connectivity index (χ2v) is 6.84. The first-order valence-electron chi connectivity index (χ1n) is 7.33. The van der Waals surface area contributed by atoms with Gasteiger partial charge in [0.25, 0.3) is 5.56 Å². The summed E-state index contributed by atoms with van der Waals surface area (Å²) in [5.74, 6) is 0. The first-order valence-corrected chi connectivity index (χ1v) is 8.50. The minimum atomic E-state index is -0.258. The van der Waals surface area contributed by atoms with Gasteiger partial charge in [-0.25, -0.2) is 4.68 Å². The van der Waals surface area contributed by atoms with Gasteiger partial charge in [-0.2, -0.15) is 5.10 Å². The van der Waals surface area contributed by atoms with Crippen molar-refractivity contribution < 1.29 is 0 Å². The Morgan fingerprint density at radius 2 is 1.96 bits per heavy atom. The second kappa shape index (κ2) is 6.98. The van der Waals surface area contributed by atoms with Crippen LogP contribution in [0.2, 0.25) is 5.02 Å². The highest BCUT2D eigenvalue weighted by molar-refractivity contribution is 9.10. The van der Waals surface area contributed by atoms with E-state index in [0.29, 0.717) is 0 Å². The van der Waals surface area contributed by atoms with Gasteiger partial charge in [0.15, 0.2) is 0 Å². The summed E-state index contributed by atoms with van der Waals surface area (Å²) in [6.07, 6.45) is 5.34. The zero-order valence-electron chi connectivity index (χ0n) is 12.7. The zero-order valence-corrected chi connectivity index (χ0v) is 15.1. The molecule has 8 heteroatoms. The molecule has 122 valence electrons. The number of rotatable bonds is 3. The topological polar surface area (TPSA) is 54.3 Å². The fourth-order valence-corrected chi connectivity index (χ4v) is 3.37. The average molecular weight is 399 g/mol. The molecular weight excluding hydrogens is 382 g/mol. The standard InChI is InChI=1S/C15H17BrClN5O/c1-20-15(23)14(17)13(9-19-20)22-4-2-21(3-5-22)10-11-6-12(16)8-18-7-11/h6-9H,2-5,10H2,1H3. The van der Waals surface area contributed by atoms with E-state index >= 15 is 0 Å². The first-order chi connectivity index (χ1) is 11.0. The Morgan fingerprint density at radius 1 is 1.22 bits per heavy atom. The summed E-state index contributed by atoms with van der Waals surface area (Å²) >= 11 is 9.62. The largest absolute Gasteiger partial charge is 0.366 e. The molecule has 0 bridgehead atoms. The van der Waals surface area contributed by atoms with Crippen LogP contribution in [0.25, 0.3) is 0 Å². The van der Waals surface area contributed by atoms with Crippen molar-refractivity contribution in [3.05, 3.63) is 50.1 Å². The Balaban J connectivity index is 1.65. The quantitative estimate of drug-likeness (QED) is 0.790. The van der Waals surface area contributed by atoms with Crippen molar-refractivity contribution in [2.24, 2.45) is 7.05 Å². The van der Waals surface area contributed by atoms with Crippen molar-refractivity contribution in [3.63, 3.8) is 0 Å². The number of aromatic nitrogens is 3. The monoisotopic (exact) mass is 397 g/mol. The number of halogens is 2. The molecule has 0 atom stereocenters. The van der Waals surface area contributed by atoms with Crippen LogP contribution in [0.4, 0.5) is 5.69 Å². The van der Waals surface area contributed by atoms with Crippen molar-refractivity contribution in [3.8, 4) is 0 Å². The molecule has 0 aliphatic carbocycles. The van der Waals surface area contributed by atoms with Gasteiger partial charge in [0, 0.05) is 56.6 Å². The number of piperazine rings is 1. The summed E-state index contributed by atoms with van der Waals surface area (Å²) < 4.78 is 2.24. The summed E-state index contributed by atoms with van der Waals surface area (Å²) in [5, 5.41) is 4.30. The SMILES string of the molecule is Cn1ncc(N2CCN(Cc3cncc(Br)c3)CC2)c(Cl)c1=O. The number of hydrogen-bond acceptors (Lipinski definition) is 5. The molecule has 1 saturated heterocycles. The molecule has 23 heavy (non-hydrogen) atoms. The number of aryl methyl sites for hydroxylation is 1. The Morgan fingerprint density at radius 3 is 2.65 bits per heavy atom. The van der Waals surface area contributed by atoms with Crippen LogP contribution in [0.3, 0.4) is 0 Å². The summed E-state index contributed by atoms with van der Waals surface area (Å²) in [5.41, 5.74) is 1.64. The Hall–Kier alpha value is -1.44. The molecule has 3 rings (SSSR count). The normalized spacial score (nSPS) is 15.9. The van der Waals surface area contributed by atoms with Crippen molar-refractivity contribution in [1.82, 2.24) is 19.7 Å². The molecule has 2 aromatic heterocycles. The lowest BCUT2D eigenvalue weighted by atomic mass is 10.2. The van der Waals surface area contributed by atoms with Crippen molar-refractivity contribution in [2.75, 3.05) is 31.1 Å². The van der Waals surface area contributed by atoms with E-state index in [1.807, 2.05) is 6.20 Å². The fraction of sp³-hybridized carbons (Fsp3) is 0.400. The van der Waals surface area contributed by atoms with Gasteiger partial charge in [0.1, 0.15) is 5.02 Å². The van der Waals surface area contributed by atoms with E-state index in [9.17, 15) is 4.79 Å². The molecule has 0 saturated carbocycles. The minimum absolute atomic E-state index is 0.243. The van der Waals surface area contributed by atoms with Crippen LogP contribution in [-0.2, 0) is 13.6 Å². The van der Waals surface area contributed by atoms with E-state index in [1.54, 1.807) is 19.4 Å². The summed E-state index contributed by atoms with van der Waals surface area (Å²) in [4.78, 5) is 20.6. The predicted octanol–water partition coefficient (Wildman–Crippen LogP) is 1.91. The third kappa shape index (κ3) is 3.73. The van der Waals surface area contributed by atoms with Crippen LogP contribution >= 0.6 is 27.5 Å². The molecule has 0 aromatic carbocycles. The maximum absolute atomic E-state index is 11.9. The molecule has 6 nitrogen and oxygen atoms in total. The molecule has 0 N–H and O–H groups in total. The van der Waals surface area contributed by atoms with Crippen LogP contribution in [0.15, 0.2) is 33.9 Å². The molecule has 0 unspecified atom stereocenters. The van der Waals surface area contributed by atoms with Gasteiger partial charge >= 0.3 is 0 Å². The molecule has 2 aromatic rings. The molecule has 1 aliphatic rings. The molecule has 1 aliphatic heterocycles. The van der Waals surface area contributed by atoms with E-state index in [1.165, 1.54) is 10.2 Å². The summed E-state index contributed by atoms with van der Waals surface area (Å²) in [6.45, 7) is 4.30. The molecule has 3 heterocycles. The fourth-order valence-electron chi connectivity index (χ4n) is 2.67. The van der Waals surface area contributed by atoms with E-state index in [0.717, 1.165) is 42.9 Å². The van der Waals surface area contributed by atoms with Crippen molar-refractivity contribution in [2.45, 2.75) is 6.54 Å². The second-order valence-electron chi connectivity index (χ2n) is 5.55. The molecule has 0 spiro atoms. The van der Waals surface area contributed by atoms with Gasteiger partial charge in [0.2, 0.25) is 0 Å². The number of hydrogen-bond donors (Lipinski definition) is 0. The van der Waals surface area contributed by atoms with Crippen molar-refractivity contribution >= 4 is 33.2 Å². The Bertz CT molecular complexity index is 758. The average Bonchev–Trinajstić information content (AvgIpc) is 2.54. The van der Waals surface area contributed by atoms with E-state index in [2.05, 4.69) is 41.9 Å². The number of nitrogens with zero attached hydrogens (tertiary/aromatic N) is 5. The summed E-state index contributed by atoms with van der Waals surface area (Å²) in [6, 6.07) is 2.08. The predicted molar refractivity (Wildman–Crippen MR) is 93.9 cm³/mol. The van der Waals surface area contributed by atoms with Crippen LogP contribution in [0, 0.1) is 0 Å². The number of pyridine rings is 1.